The molecule has 1 atom stereocenters. The summed E-state index contributed by atoms with van der Waals surface area (Å²) in [5, 5.41) is 9.08. The van der Waals surface area contributed by atoms with Crippen LogP contribution in [-0.2, 0) is 4.79 Å². The lowest BCUT2D eigenvalue weighted by atomic mass is 10.2. The van der Waals surface area contributed by atoms with Crippen molar-refractivity contribution in [3.63, 3.8) is 0 Å². The molecule has 0 spiro atoms. The Morgan fingerprint density at radius 2 is 2.28 bits per heavy atom. The molecule has 0 aliphatic carbocycles. The van der Waals surface area contributed by atoms with Gasteiger partial charge < -0.3 is 15.0 Å². The fourth-order valence-corrected chi connectivity index (χ4v) is 2.83. The molecule has 0 saturated carbocycles. The van der Waals surface area contributed by atoms with E-state index in [1.54, 1.807) is 0 Å². The number of nitrogens with one attached hydrogen (secondary N) is 1. The van der Waals surface area contributed by atoms with E-state index in [-0.39, 0.29) is 11.1 Å². The van der Waals surface area contributed by atoms with E-state index in [4.69, 9.17) is 5.11 Å². The summed E-state index contributed by atoms with van der Waals surface area (Å²) in [6.07, 6.45) is 1.38. The maximum absolute atomic E-state index is 12.2. The molecular weight excluding hydrogens is 256 g/mol. The Balaban J connectivity index is 2.26. The average Bonchev–Trinajstić information content (AvgIpc) is 2.38. The molecule has 0 radical (unpaired) electrons. The van der Waals surface area contributed by atoms with Crippen LogP contribution in [0.4, 0.5) is 0 Å². The minimum Gasteiger partial charge on any atom is -0.480 e. The molecule has 6 nitrogen and oxygen atoms in total. The summed E-state index contributed by atoms with van der Waals surface area (Å²) >= 11 is 1.51. The van der Waals surface area contributed by atoms with Crippen molar-refractivity contribution in [2.24, 2.45) is 0 Å². The van der Waals surface area contributed by atoms with Gasteiger partial charge in [0.15, 0.2) is 0 Å². The molecule has 0 aromatic carbocycles. The molecule has 1 aliphatic heterocycles. The Kier molecular flexibility index (Phi) is 3.71. The first kappa shape index (κ1) is 12.7. The van der Waals surface area contributed by atoms with Crippen LogP contribution in [0.3, 0.4) is 0 Å². The van der Waals surface area contributed by atoms with Gasteiger partial charge in [-0.05, 0) is 6.07 Å². The van der Waals surface area contributed by atoms with Crippen molar-refractivity contribution < 1.29 is 14.7 Å². The lowest BCUT2D eigenvalue weighted by Gasteiger charge is -2.32. The molecule has 2 N–H and O–H groups in total. The van der Waals surface area contributed by atoms with Crippen molar-refractivity contribution in [1.82, 2.24) is 9.88 Å². The number of amides is 1. The predicted molar refractivity (Wildman–Crippen MR) is 66.8 cm³/mol. The van der Waals surface area contributed by atoms with Crippen LogP contribution in [0.1, 0.15) is 10.4 Å². The van der Waals surface area contributed by atoms with Crippen LogP contribution < -0.4 is 5.56 Å². The van der Waals surface area contributed by atoms with Crippen LogP contribution in [0.15, 0.2) is 23.1 Å². The number of thioether (sulfide) groups is 1. The van der Waals surface area contributed by atoms with Crippen molar-refractivity contribution >= 4 is 23.6 Å². The van der Waals surface area contributed by atoms with Gasteiger partial charge >= 0.3 is 5.97 Å². The number of H-pyrrole nitrogens is 1. The van der Waals surface area contributed by atoms with Crippen molar-refractivity contribution in [3.05, 3.63) is 34.2 Å². The summed E-state index contributed by atoms with van der Waals surface area (Å²) in [6.45, 7) is 0.382. The monoisotopic (exact) mass is 268 g/mol. The maximum Gasteiger partial charge on any atom is 0.327 e. The Morgan fingerprint density at radius 3 is 2.94 bits per heavy atom. The Labute approximate surface area is 107 Å². The van der Waals surface area contributed by atoms with Gasteiger partial charge in [0.2, 0.25) is 5.56 Å². The van der Waals surface area contributed by atoms with E-state index >= 15 is 0 Å². The second-order valence-corrected chi connectivity index (χ2v) is 5.02. The Morgan fingerprint density at radius 1 is 1.50 bits per heavy atom. The molecular formula is C11H12N2O4S. The second-order valence-electron chi connectivity index (χ2n) is 3.87. The molecule has 1 amide bonds. The van der Waals surface area contributed by atoms with Crippen molar-refractivity contribution in [3.8, 4) is 0 Å². The van der Waals surface area contributed by atoms with Gasteiger partial charge in [-0.1, -0.05) is 0 Å². The van der Waals surface area contributed by atoms with E-state index < -0.39 is 17.9 Å². The third-order valence-electron chi connectivity index (χ3n) is 2.70. The van der Waals surface area contributed by atoms with Crippen LogP contribution >= 0.6 is 11.8 Å². The average molecular weight is 268 g/mol. The molecule has 0 bridgehead atoms. The first-order valence-electron chi connectivity index (χ1n) is 5.40. The summed E-state index contributed by atoms with van der Waals surface area (Å²) in [6, 6.07) is 1.84. The minimum absolute atomic E-state index is 0.219. The molecule has 1 aliphatic rings. The Bertz CT molecular complexity index is 528. The summed E-state index contributed by atoms with van der Waals surface area (Å²) in [5.74, 6) is -0.336. The largest absolute Gasteiger partial charge is 0.480 e. The van der Waals surface area contributed by atoms with Crippen LogP contribution in [0.5, 0.6) is 0 Å². The van der Waals surface area contributed by atoms with Crippen LogP contribution in [-0.4, -0.2) is 51.0 Å². The number of carbonyl (C=O) groups is 2. The highest BCUT2D eigenvalue weighted by Gasteiger charge is 2.32. The highest BCUT2D eigenvalue weighted by molar-refractivity contribution is 7.99. The number of aromatic amines is 1. The van der Waals surface area contributed by atoms with Gasteiger partial charge in [0, 0.05) is 35.9 Å². The van der Waals surface area contributed by atoms with Crippen LogP contribution in [0, 0.1) is 0 Å². The molecule has 1 unspecified atom stereocenters. The zero-order valence-corrected chi connectivity index (χ0v) is 10.3. The van der Waals surface area contributed by atoms with Gasteiger partial charge in [-0.15, -0.1) is 0 Å². The summed E-state index contributed by atoms with van der Waals surface area (Å²) < 4.78 is 0. The summed E-state index contributed by atoms with van der Waals surface area (Å²) in [7, 11) is 0. The predicted octanol–water partition coefficient (Wildman–Crippen LogP) is 0.0171. The van der Waals surface area contributed by atoms with E-state index in [1.807, 2.05) is 0 Å². The molecule has 96 valence electrons. The number of aromatic nitrogens is 1. The van der Waals surface area contributed by atoms with Gasteiger partial charge in [0.05, 0.1) is 0 Å². The highest BCUT2D eigenvalue weighted by atomic mass is 32.2. The van der Waals surface area contributed by atoms with Crippen LogP contribution in [0.25, 0.3) is 0 Å². The first-order chi connectivity index (χ1) is 8.59. The number of carbonyl (C=O) groups excluding carboxylic acids is 1. The summed E-state index contributed by atoms with van der Waals surface area (Å²) in [4.78, 5) is 38.1. The second kappa shape index (κ2) is 5.26. The minimum atomic E-state index is -1.01. The number of aliphatic carboxylic acids is 1. The SMILES string of the molecule is O=C(O)C1CSCCN1C(=O)c1cc[nH]c(=O)c1. The standard InChI is InChI=1S/C11H12N2O4S/c14-9-5-7(1-2-12-9)10(15)13-3-4-18-6-8(13)11(16)17/h1-2,5,8H,3-4,6H2,(H,12,14)(H,16,17). The smallest absolute Gasteiger partial charge is 0.327 e. The molecule has 2 heterocycles. The summed E-state index contributed by atoms with van der Waals surface area (Å²) in [5.41, 5.74) is -0.156. The normalized spacial score (nSPS) is 19.6. The topological polar surface area (TPSA) is 90.5 Å². The molecule has 1 fully saturated rings. The Hall–Kier alpha value is -1.76. The molecule has 2 rings (SSSR count). The zero-order valence-electron chi connectivity index (χ0n) is 9.46. The van der Waals surface area contributed by atoms with Crippen molar-refractivity contribution in [2.75, 3.05) is 18.1 Å². The lowest BCUT2D eigenvalue weighted by Crippen LogP contribution is -2.50. The van der Waals surface area contributed by atoms with Gasteiger partial charge in [-0.3, -0.25) is 9.59 Å². The number of carboxylic acid groups (broad SMARTS) is 1. The quantitative estimate of drug-likeness (QED) is 0.789. The molecule has 1 aromatic heterocycles. The van der Waals surface area contributed by atoms with E-state index in [9.17, 15) is 14.4 Å². The van der Waals surface area contributed by atoms with Gasteiger partial charge in [-0.25, -0.2) is 4.79 Å². The lowest BCUT2D eigenvalue weighted by molar-refractivity contribution is -0.141. The first-order valence-corrected chi connectivity index (χ1v) is 6.55. The third-order valence-corrected chi connectivity index (χ3v) is 3.72. The molecule has 7 heteroatoms. The van der Waals surface area contributed by atoms with Gasteiger partial charge in [0.1, 0.15) is 6.04 Å². The molecule has 1 saturated heterocycles. The number of hydrogen-bond acceptors (Lipinski definition) is 4. The fourth-order valence-electron chi connectivity index (χ4n) is 1.79. The number of rotatable bonds is 2. The van der Waals surface area contributed by atoms with Crippen molar-refractivity contribution in [2.45, 2.75) is 6.04 Å². The number of hydrogen-bond donors (Lipinski definition) is 2. The maximum atomic E-state index is 12.2. The third kappa shape index (κ3) is 2.56. The van der Waals surface area contributed by atoms with Gasteiger partial charge in [-0.2, -0.15) is 11.8 Å². The number of nitrogens with zero attached hydrogens (tertiary/aromatic N) is 1. The fraction of sp³-hybridized carbons (Fsp3) is 0.364. The van der Waals surface area contributed by atoms with E-state index in [0.29, 0.717) is 18.1 Å². The molecule has 1 aromatic rings. The van der Waals surface area contributed by atoms with Gasteiger partial charge in [0.25, 0.3) is 5.91 Å². The number of pyridine rings is 1. The van der Waals surface area contributed by atoms with Crippen molar-refractivity contribution in [1.29, 1.82) is 0 Å². The van der Waals surface area contributed by atoms with Crippen LogP contribution in [0.2, 0.25) is 0 Å². The van der Waals surface area contributed by atoms with E-state index in [1.165, 1.54) is 35.0 Å². The zero-order chi connectivity index (χ0) is 13.1. The van der Waals surface area contributed by atoms with E-state index in [2.05, 4.69) is 4.98 Å². The molecule has 18 heavy (non-hydrogen) atoms. The number of carboxylic acids is 1. The highest BCUT2D eigenvalue weighted by Crippen LogP contribution is 2.18. The van der Waals surface area contributed by atoms with E-state index in [0.717, 1.165) is 0 Å².